The molecule has 1 heterocycles. The largest absolute Gasteiger partial charge is 0.495 e. The maximum atomic E-state index is 12.3. The standard InChI is InChI=1S/C16H17N3O5/c1-10-4-6-14(24-3)12(8-10)17-15(20)9-18-11(2)13(19(22)23)5-7-16(18)21/h4-8H,9H2,1-3H3,(H,17,20). The maximum absolute atomic E-state index is 12.3. The number of aryl methyl sites for hydroxylation is 1. The number of pyridine rings is 1. The third kappa shape index (κ3) is 3.60. The first-order valence-electron chi connectivity index (χ1n) is 7.13. The van der Waals surface area contributed by atoms with Gasteiger partial charge in [-0.3, -0.25) is 24.3 Å². The van der Waals surface area contributed by atoms with E-state index < -0.39 is 16.4 Å². The lowest BCUT2D eigenvalue weighted by molar-refractivity contribution is -0.386. The normalized spacial score (nSPS) is 10.3. The van der Waals surface area contributed by atoms with Crippen molar-refractivity contribution in [3.63, 3.8) is 0 Å². The highest BCUT2D eigenvalue weighted by molar-refractivity contribution is 5.92. The van der Waals surface area contributed by atoms with Crippen molar-refractivity contribution in [3.05, 3.63) is 62.1 Å². The van der Waals surface area contributed by atoms with Gasteiger partial charge in [0, 0.05) is 12.1 Å². The van der Waals surface area contributed by atoms with E-state index in [1.54, 1.807) is 12.1 Å². The predicted octanol–water partition coefficient (Wildman–Crippen LogP) is 2.02. The second-order valence-electron chi connectivity index (χ2n) is 5.24. The number of methoxy groups -OCH3 is 1. The summed E-state index contributed by atoms with van der Waals surface area (Å²) in [6.07, 6.45) is 0. The molecular weight excluding hydrogens is 314 g/mol. The van der Waals surface area contributed by atoms with Crippen LogP contribution in [0.5, 0.6) is 5.75 Å². The molecule has 0 saturated carbocycles. The van der Waals surface area contributed by atoms with Crippen molar-refractivity contribution in [3.8, 4) is 5.75 Å². The van der Waals surface area contributed by atoms with Crippen LogP contribution in [0, 0.1) is 24.0 Å². The molecule has 0 spiro atoms. The summed E-state index contributed by atoms with van der Waals surface area (Å²) in [5.74, 6) is 0.00154. The first-order valence-corrected chi connectivity index (χ1v) is 7.13. The lowest BCUT2D eigenvalue weighted by atomic mass is 10.2. The molecule has 126 valence electrons. The van der Waals surface area contributed by atoms with E-state index in [1.165, 1.54) is 14.0 Å². The Balaban J connectivity index is 2.28. The molecule has 0 saturated heterocycles. The fraction of sp³-hybridized carbons (Fsp3) is 0.250. The molecule has 24 heavy (non-hydrogen) atoms. The average molecular weight is 331 g/mol. The van der Waals surface area contributed by atoms with Crippen LogP contribution >= 0.6 is 0 Å². The van der Waals surface area contributed by atoms with E-state index >= 15 is 0 Å². The van der Waals surface area contributed by atoms with Gasteiger partial charge >= 0.3 is 0 Å². The van der Waals surface area contributed by atoms with E-state index in [9.17, 15) is 19.7 Å². The fourth-order valence-electron chi connectivity index (χ4n) is 2.31. The van der Waals surface area contributed by atoms with Crippen LogP contribution in [0.1, 0.15) is 11.3 Å². The smallest absolute Gasteiger partial charge is 0.288 e. The van der Waals surface area contributed by atoms with Gasteiger partial charge in [0.05, 0.1) is 23.4 Å². The molecule has 0 aliphatic heterocycles. The van der Waals surface area contributed by atoms with E-state index in [0.29, 0.717) is 11.4 Å². The zero-order valence-electron chi connectivity index (χ0n) is 13.5. The summed E-state index contributed by atoms with van der Waals surface area (Å²) in [6.45, 7) is 2.97. The first kappa shape index (κ1) is 17.2. The highest BCUT2D eigenvalue weighted by Gasteiger charge is 2.17. The summed E-state index contributed by atoms with van der Waals surface area (Å²) in [7, 11) is 1.48. The van der Waals surface area contributed by atoms with E-state index in [4.69, 9.17) is 4.74 Å². The summed E-state index contributed by atoms with van der Waals surface area (Å²) in [6, 6.07) is 7.50. The van der Waals surface area contributed by atoms with Crippen LogP contribution in [-0.2, 0) is 11.3 Å². The van der Waals surface area contributed by atoms with Crippen molar-refractivity contribution in [2.24, 2.45) is 0 Å². The molecule has 1 aromatic carbocycles. The minimum absolute atomic E-state index is 0.124. The lowest BCUT2D eigenvalue weighted by Crippen LogP contribution is -2.29. The highest BCUT2D eigenvalue weighted by Crippen LogP contribution is 2.25. The Morgan fingerprint density at radius 3 is 2.62 bits per heavy atom. The number of aromatic nitrogens is 1. The van der Waals surface area contributed by atoms with E-state index in [1.807, 2.05) is 13.0 Å². The molecule has 0 atom stereocenters. The molecule has 0 unspecified atom stereocenters. The number of nitrogens with zero attached hydrogens (tertiary/aromatic N) is 2. The number of nitrogens with one attached hydrogen (secondary N) is 1. The third-order valence-electron chi connectivity index (χ3n) is 3.55. The van der Waals surface area contributed by atoms with Crippen LogP contribution in [-0.4, -0.2) is 22.5 Å². The van der Waals surface area contributed by atoms with Crippen LogP contribution in [0.15, 0.2) is 35.1 Å². The molecule has 0 radical (unpaired) electrons. The van der Waals surface area contributed by atoms with Crippen molar-refractivity contribution in [2.75, 3.05) is 12.4 Å². The zero-order chi connectivity index (χ0) is 17.9. The Kier molecular flexibility index (Phi) is 4.98. The number of carbonyl (C=O) groups excluding carboxylic acids is 1. The van der Waals surface area contributed by atoms with E-state index in [2.05, 4.69) is 5.32 Å². The molecule has 1 N–H and O–H groups in total. The average Bonchev–Trinajstić information content (AvgIpc) is 2.51. The summed E-state index contributed by atoms with van der Waals surface area (Å²) in [5.41, 5.74) is 0.826. The molecule has 0 bridgehead atoms. The molecule has 2 rings (SSSR count). The van der Waals surface area contributed by atoms with E-state index in [0.717, 1.165) is 22.3 Å². The molecule has 1 aromatic heterocycles. The second kappa shape index (κ2) is 6.95. The molecule has 2 aromatic rings. The monoisotopic (exact) mass is 331 g/mol. The van der Waals surface area contributed by atoms with Crippen LogP contribution in [0.3, 0.4) is 0 Å². The number of benzene rings is 1. The van der Waals surface area contributed by atoms with E-state index in [-0.39, 0.29) is 17.9 Å². The van der Waals surface area contributed by atoms with Gasteiger partial charge in [-0.05, 0) is 31.5 Å². The number of ether oxygens (including phenoxy) is 1. The number of hydrogen-bond acceptors (Lipinski definition) is 5. The molecule has 8 heteroatoms. The fourth-order valence-corrected chi connectivity index (χ4v) is 2.31. The van der Waals surface area contributed by atoms with Gasteiger partial charge in [0.1, 0.15) is 12.3 Å². The Labute approximate surface area is 137 Å². The summed E-state index contributed by atoms with van der Waals surface area (Å²) in [4.78, 5) is 34.5. The SMILES string of the molecule is COc1ccc(C)cc1NC(=O)Cn1c(C)c([N+](=O)[O-])ccc1=O. The number of carbonyl (C=O) groups is 1. The Morgan fingerprint density at radius 1 is 1.29 bits per heavy atom. The number of hydrogen-bond donors (Lipinski definition) is 1. The van der Waals surface area contributed by atoms with Gasteiger partial charge in [0.15, 0.2) is 0 Å². The lowest BCUT2D eigenvalue weighted by Gasteiger charge is -2.13. The Morgan fingerprint density at radius 2 is 2.00 bits per heavy atom. The molecule has 0 aliphatic rings. The topological polar surface area (TPSA) is 103 Å². The zero-order valence-corrected chi connectivity index (χ0v) is 13.5. The summed E-state index contributed by atoms with van der Waals surface area (Å²) >= 11 is 0. The van der Waals surface area contributed by atoms with Crippen LogP contribution in [0.2, 0.25) is 0 Å². The molecule has 0 aliphatic carbocycles. The van der Waals surface area contributed by atoms with Gasteiger partial charge in [-0.1, -0.05) is 6.07 Å². The van der Waals surface area contributed by atoms with Crippen LogP contribution in [0.25, 0.3) is 0 Å². The maximum Gasteiger partial charge on any atom is 0.288 e. The number of anilines is 1. The Bertz CT molecular complexity index is 857. The van der Waals surface area contributed by atoms with Gasteiger partial charge in [-0.2, -0.15) is 0 Å². The third-order valence-corrected chi connectivity index (χ3v) is 3.55. The molecular formula is C16H17N3O5. The van der Waals surface area contributed by atoms with Crippen molar-refractivity contribution >= 4 is 17.3 Å². The van der Waals surface area contributed by atoms with Gasteiger partial charge in [-0.25, -0.2) is 0 Å². The predicted molar refractivity (Wildman–Crippen MR) is 88.5 cm³/mol. The summed E-state index contributed by atoms with van der Waals surface area (Å²) in [5, 5.41) is 13.6. The van der Waals surface area contributed by atoms with Crippen molar-refractivity contribution < 1.29 is 14.5 Å². The summed E-state index contributed by atoms with van der Waals surface area (Å²) < 4.78 is 6.24. The first-order chi connectivity index (χ1) is 11.3. The second-order valence-corrected chi connectivity index (χ2v) is 5.24. The van der Waals surface area contributed by atoms with Crippen molar-refractivity contribution in [1.82, 2.24) is 4.57 Å². The van der Waals surface area contributed by atoms with Gasteiger partial charge in [-0.15, -0.1) is 0 Å². The molecule has 0 fully saturated rings. The van der Waals surface area contributed by atoms with Gasteiger partial charge in [0.25, 0.3) is 11.2 Å². The van der Waals surface area contributed by atoms with Gasteiger partial charge < -0.3 is 10.1 Å². The van der Waals surface area contributed by atoms with Gasteiger partial charge in [0.2, 0.25) is 5.91 Å². The minimum Gasteiger partial charge on any atom is -0.495 e. The Hall–Kier alpha value is -3.16. The number of nitro groups is 1. The quantitative estimate of drug-likeness (QED) is 0.667. The number of amides is 1. The minimum atomic E-state index is -0.591. The van der Waals surface area contributed by atoms with Crippen molar-refractivity contribution in [2.45, 2.75) is 20.4 Å². The van der Waals surface area contributed by atoms with Crippen molar-refractivity contribution in [1.29, 1.82) is 0 Å². The van der Waals surface area contributed by atoms with Crippen LogP contribution in [0.4, 0.5) is 11.4 Å². The molecule has 1 amide bonds. The molecule has 8 nitrogen and oxygen atoms in total. The van der Waals surface area contributed by atoms with Crippen LogP contribution < -0.4 is 15.6 Å². The number of rotatable bonds is 5. The highest BCUT2D eigenvalue weighted by atomic mass is 16.6.